The van der Waals surface area contributed by atoms with Gasteiger partial charge in [0.15, 0.2) is 0 Å². The molecule has 0 aliphatic carbocycles. The summed E-state index contributed by atoms with van der Waals surface area (Å²) in [6.45, 7) is 9.72. The van der Waals surface area contributed by atoms with Gasteiger partial charge in [0, 0.05) is 6.04 Å². The number of rotatable bonds is 5. The molecular weight excluding hydrogens is 242 g/mol. The summed E-state index contributed by atoms with van der Waals surface area (Å²) < 4.78 is 0. The second-order valence-corrected chi connectivity index (χ2v) is 5.46. The van der Waals surface area contributed by atoms with Crippen molar-refractivity contribution in [2.24, 2.45) is 0 Å². The van der Waals surface area contributed by atoms with Crippen molar-refractivity contribution in [2.45, 2.75) is 40.2 Å². The highest BCUT2D eigenvalue weighted by Crippen LogP contribution is 2.26. The van der Waals surface area contributed by atoms with Gasteiger partial charge < -0.3 is 5.32 Å². The summed E-state index contributed by atoms with van der Waals surface area (Å²) in [4.78, 5) is 0. The first-order valence-corrected chi connectivity index (χ1v) is 7.56. The van der Waals surface area contributed by atoms with Gasteiger partial charge in [-0.05, 0) is 49.1 Å². The van der Waals surface area contributed by atoms with Gasteiger partial charge in [0.1, 0.15) is 0 Å². The van der Waals surface area contributed by atoms with E-state index in [0.717, 1.165) is 13.0 Å². The van der Waals surface area contributed by atoms with Crippen LogP contribution in [0, 0.1) is 13.8 Å². The Hall–Kier alpha value is -1.60. The van der Waals surface area contributed by atoms with E-state index in [2.05, 4.69) is 75.5 Å². The number of nitrogens with one attached hydrogen (secondary N) is 1. The number of benzene rings is 2. The van der Waals surface area contributed by atoms with Crippen LogP contribution in [-0.4, -0.2) is 6.54 Å². The van der Waals surface area contributed by atoms with Crippen molar-refractivity contribution < 1.29 is 0 Å². The molecule has 0 bridgehead atoms. The summed E-state index contributed by atoms with van der Waals surface area (Å²) in [6.07, 6.45) is 1.12. The molecule has 0 aliphatic rings. The topological polar surface area (TPSA) is 12.0 Å². The summed E-state index contributed by atoms with van der Waals surface area (Å²) in [7, 11) is 0. The highest BCUT2D eigenvalue weighted by molar-refractivity contribution is 5.67. The van der Waals surface area contributed by atoms with Gasteiger partial charge in [0.25, 0.3) is 0 Å². The molecule has 1 heteroatoms. The average Bonchev–Trinajstić information content (AvgIpc) is 2.45. The van der Waals surface area contributed by atoms with Gasteiger partial charge >= 0.3 is 0 Å². The Bertz CT molecular complexity index is 554. The number of hydrogen-bond acceptors (Lipinski definition) is 1. The standard InChI is InChI=1S/C19H25N/c1-5-19(20-6-2)17-10-8-16(9-11-17)18-12-7-14(3)13-15(18)4/h7-13,19-20H,5-6H2,1-4H3. The van der Waals surface area contributed by atoms with Crippen molar-refractivity contribution >= 4 is 0 Å². The largest absolute Gasteiger partial charge is 0.310 e. The quantitative estimate of drug-likeness (QED) is 0.801. The van der Waals surface area contributed by atoms with E-state index >= 15 is 0 Å². The predicted molar refractivity (Wildman–Crippen MR) is 88.1 cm³/mol. The molecular formula is C19H25N. The lowest BCUT2D eigenvalue weighted by Gasteiger charge is -2.17. The number of aryl methyl sites for hydroxylation is 2. The van der Waals surface area contributed by atoms with Crippen LogP contribution in [0.1, 0.15) is 43.0 Å². The molecule has 1 atom stereocenters. The fourth-order valence-electron chi connectivity index (χ4n) is 2.78. The maximum atomic E-state index is 3.53. The van der Waals surface area contributed by atoms with E-state index in [1.54, 1.807) is 0 Å². The second kappa shape index (κ2) is 6.71. The SMILES string of the molecule is CCNC(CC)c1ccc(-c2ccc(C)cc2C)cc1. The Kier molecular flexibility index (Phi) is 4.97. The second-order valence-electron chi connectivity index (χ2n) is 5.46. The van der Waals surface area contributed by atoms with Crippen molar-refractivity contribution in [3.63, 3.8) is 0 Å². The smallest absolute Gasteiger partial charge is 0.0317 e. The molecule has 0 fully saturated rings. The molecule has 0 aromatic heterocycles. The van der Waals surface area contributed by atoms with Crippen LogP contribution < -0.4 is 5.32 Å². The Labute approximate surface area is 123 Å². The summed E-state index contributed by atoms with van der Waals surface area (Å²) in [5.41, 5.74) is 6.68. The molecule has 1 nitrogen and oxygen atoms in total. The summed E-state index contributed by atoms with van der Waals surface area (Å²) in [5, 5.41) is 3.53. The molecule has 0 spiro atoms. The monoisotopic (exact) mass is 267 g/mol. The van der Waals surface area contributed by atoms with Gasteiger partial charge in [0.2, 0.25) is 0 Å². The van der Waals surface area contributed by atoms with Crippen molar-refractivity contribution in [3.05, 3.63) is 59.2 Å². The first kappa shape index (κ1) is 14.8. The molecule has 20 heavy (non-hydrogen) atoms. The van der Waals surface area contributed by atoms with Crippen LogP contribution in [0.15, 0.2) is 42.5 Å². The minimum atomic E-state index is 0.466. The Morgan fingerprint density at radius 3 is 2.20 bits per heavy atom. The third kappa shape index (κ3) is 3.29. The fourth-order valence-corrected chi connectivity index (χ4v) is 2.78. The average molecular weight is 267 g/mol. The summed E-state index contributed by atoms with van der Waals surface area (Å²) >= 11 is 0. The molecule has 0 saturated heterocycles. The lowest BCUT2D eigenvalue weighted by molar-refractivity contribution is 0.537. The van der Waals surface area contributed by atoms with Crippen LogP contribution in [0.25, 0.3) is 11.1 Å². The maximum Gasteiger partial charge on any atom is 0.0317 e. The minimum Gasteiger partial charge on any atom is -0.310 e. The molecule has 2 aromatic carbocycles. The molecule has 1 unspecified atom stereocenters. The molecule has 0 aliphatic heterocycles. The molecule has 0 saturated carbocycles. The van der Waals surface area contributed by atoms with E-state index in [-0.39, 0.29) is 0 Å². The lowest BCUT2D eigenvalue weighted by Crippen LogP contribution is -2.19. The van der Waals surface area contributed by atoms with E-state index in [9.17, 15) is 0 Å². The summed E-state index contributed by atoms with van der Waals surface area (Å²) in [5.74, 6) is 0. The van der Waals surface area contributed by atoms with Crippen LogP contribution in [0.4, 0.5) is 0 Å². The van der Waals surface area contributed by atoms with Gasteiger partial charge in [-0.3, -0.25) is 0 Å². The zero-order valence-corrected chi connectivity index (χ0v) is 13.0. The van der Waals surface area contributed by atoms with Crippen LogP contribution in [0.2, 0.25) is 0 Å². The molecule has 2 rings (SSSR count). The van der Waals surface area contributed by atoms with Crippen molar-refractivity contribution in [1.82, 2.24) is 5.32 Å². The van der Waals surface area contributed by atoms with Crippen LogP contribution in [0.5, 0.6) is 0 Å². The van der Waals surface area contributed by atoms with E-state index in [1.165, 1.54) is 27.8 Å². The molecule has 0 radical (unpaired) electrons. The molecule has 1 N–H and O–H groups in total. The van der Waals surface area contributed by atoms with Crippen LogP contribution in [-0.2, 0) is 0 Å². The van der Waals surface area contributed by atoms with Gasteiger partial charge in [-0.2, -0.15) is 0 Å². The number of hydrogen-bond donors (Lipinski definition) is 1. The maximum absolute atomic E-state index is 3.53. The molecule has 0 heterocycles. The third-order valence-electron chi connectivity index (χ3n) is 3.86. The predicted octanol–water partition coefficient (Wildman–Crippen LogP) is 5.03. The lowest BCUT2D eigenvalue weighted by atomic mass is 9.96. The van der Waals surface area contributed by atoms with Crippen molar-refractivity contribution in [3.8, 4) is 11.1 Å². The Balaban J connectivity index is 2.27. The first-order chi connectivity index (χ1) is 9.65. The third-order valence-corrected chi connectivity index (χ3v) is 3.86. The van der Waals surface area contributed by atoms with Crippen molar-refractivity contribution in [1.29, 1.82) is 0 Å². The summed E-state index contributed by atoms with van der Waals surface area (Å²) in [6, 6.07) is 16.1. The van der Waals surface area contributed by atoms with Gasteiger partial charge in [-0.15, -0.1) is 0 Å². The van der Waals surface area contributed by atoms with Crippen molar-refractivity contribution in [2.75, 3.05) is 6.54 Å². The van der Waals surface area contributed by atoms with Gasteiger partial charge in [-0.1, -0.05) is 61.9 Å². The van der Waals surface area contributed by atoms with Gasteiger partial charge in [0.05, 0.1) is 0 Å². The highest BCUT2D eigenvalue weighted by atomic mass is 14.9. The van der Waals surface area contributed by atoms with E-state index in [1.807, 2.05) is 0 Å². The molecule has 2 aromatic rings. The highest BCUT2D eigenvalue weighted by Gasteiger charge is 2.08. The normalized spacial score (nSPS) is 12.4. The molecule has 106 valence electrons. The van der Waals surface area contributed by atoms with Crippen LogP contribution >= 0.6 is 0 Å². The zero-order valence-electron chi connectivity index (χ0n) is 13.0. The minimum absolute atomic E-state index is 0.466. The van der Waals surface area contributed by atoms with Gasteiger partial charge in [-0.25, -0.2) is 0 Å². The Morgan fingerprint density at radius 2 is 1.65 bits per heavy atom. The zero-order chi connectivity index (χ0) is 14.5. The molecule has 0 amide bonds. The van der Waals surface area contributed by atoms with Crippen LogP contribution in [0.3, 0.4) is 0 Å². The van der Waals surface area contributed by atoms with E-state index in [4.69, 9.17) is 0 Å². The first-order valence-electron chi connectivity index (χ1n) is 7.56. The van der Waals surface area contributed by atoms with E-state index < -0.39 is 0 Å². The fraction of sp³-hybridized carbons (Fsp3) is 0.368. The Morgan fingerprint density at radius 1 is 0.950 bits per heavy atom. The van der Waals surface area contributed by atoms with E-state index in [0.29, 0.717) is 6.04 Å².